The molecule has 2 rings (SSSR count). The molecule has 6 nitrogen and oxygen atoms in total. The maximum atomic E-state index is 12.2. The first-order valence-corrected chi connectivity index (χ1v) is 7.85. The summed E-state index contributed by atoms with van der Waals surface area (Å²) in [5.41, 5.74) is 0.975. The lowest BCUT2D eigenvalue weighted by atomic mass is 10.2. The topological polar surface area (TPSA) is 76.1 Å². The molecule has 0 aliphatic carbocycles. The third-order valence-electron chi connectivity index (χ3n) is 3.18. The monoisotopic (exact) mass is 357 g/mol. The number of H-pyrrole nitrogens is 1. The second-order valence-electron chi connectivity index (χ2n) is 5.01. The lowest BCUT2D eigenvalue weighted by Crippen LogP contribution is -2.18. The Kier molecular flexibility index (Phi) is 5.74. The van der Waals surface area contributed by atoms with Crippen molar-refractivity contribution in [1.29, 1.82) is 0 Å². The van der Waals surface area contributed by atoms with E-state index in [-0.39, 0.29) is 12.1 Å². The predicted octanol–water partition coefficient (Wildman–Crippen LogP) is 3.80. The molecule has 0 aliphatic rings. The molecule has 1 heterocycles. The first kappa shape index (κ1) is 17.4. The number of nitrogens with zero attached hydrogens (tertiary/aromatic N) is 1. The quantitative estimate of drug-likeness (QED) is 0.854. The first-order chi connectivity index (χ1) is 10.9. The smallest absolute Gasteiger partial charge is 0.412 e. The molecule has 0 saturated heterocycles. The van der Waals surface area contributed by atoms with Crippen molar-refractivity contribution in [3.8, 4) is 0 Å². The molecule has 23 heavy (non-hydrogen) atoms. The fourth-order valence-corrected chi connectivity index (χ4v) is 2.29. The number of anilines is 1. The van der Waals surface area contributed by atoms with Crippen LogP contribution in [0.4, 0.5) is 10.6 Å². The molecule has 1 aromatic carbocycles. The van der Waals surface area contributed by atoms with Crippen LogP contribution in [0.1, 0.15) is 24.5 Å². The summed E-state index contributed by atoms with van der Waals surface area (Å²) in [5.74, 6) is 0.316. The molecule has 0 unspecified atom stereocenters. The number of carbonyl (C=O) groups excluding carboxylic acids is 1. The fourth-order valence-electron chi connectivity index (χ4n) is 1.97. The summed E-state index contributed by atoms with van der Waals surface area (Å²) in [4.78, 5) is 23.8. The van der Waals surface area contributed by atoms with Gasteiger partial charge >= 0.3 is 6.09 Å². The Labute approximate surface area is 143 Å². The van der Waals surface area contributed by atoms with Gasteiger partial charge in [-0.2, -0.15) is 0 Å². The molecule has 1 aromatic heterocycles. The number of aromatic amines is 1. The summed E-state index contributed by atoms with van der Waals surface area (Å²) in [6.45, 7) is 4.12. The second kappa shape index (κ2) is 7.57. The number of aromatic nitrogens is 2. The molecule has 0 radical (unpaired) electrons. The molecule has 1 amide bonds. The number of hydrogen-bond acceptors (Lipinski definition) is 3. The lowest BCUT2D eigenvalue weighted by molar-refractivity contribution is 0.161. The molecular weight excluding hydrogens is 341 g/mol. The van der Waals surface area contributed by atoms with Gasteiger partial charge in [-0.1, -0.05) is 36.2 Å². The third kappa shape index (κ3) is 4.30. The number of ether oxygens (including phenoxy) is 1. The van der Waals surface area contributed by atoms with E-state index in [4.69, 9.17) is 27.9 Å². The van der Waals surface area contributed by atoms with Crippen molar-refractivity contribution < 1.29 is 9.53 Å². The fraction of sp³-hybridized carbons (Fsp3) is 0.333. The number of halogens is 2. The average molecular weight is 358 g/mol. The molecular formula is C15H17Cl2N3O3. The zero-order valence-corrected chi connectivity index (χ0v) is 14.3. The molecule has 2 aromatic rings. The van der Waals surface area contributed by atoms with Gasteiger partial charge in [0.15, 0.2) is 0 Å². The molecule has 0 bridgehead atoms. The molecule has 0 saturated carbocycles. The van der Waals surface area contributed by atoms with Gasteiger partial charge in [0.25, 0.3) is 5.56 Å². The van der Waals surface area contributed by atoms with Crippen molar-refractivity contribution in [2.75, 3.05) is 11.9 Å². The van der Waals surface area contributed by atoms with Gasteiger partial charge < -0.3 is 4.74 Å². The van der Waals surface area contributed by atoms with Crippen LogP contribution in [-0.4, -0.2) is 22.5 Å². The van der Waals surface area contributed by atoms with Crippen LogP contribution in [0, 0.1) is 6.92 Å². The molecule has 2 N–H and O–H groups in total. The van der Waals surface area contributed by atoms with E-state index in [9.17, 15) is 9.59 Å². The molecule has 0 fully saturated rings. The van der Waals surface area contributed by atoms with Gasteiger partial charge in [0.05, 0.1) is 28.8 Å². The maximum absolute atomic E-state index is 12.2. The van der Waals surface area contributed by atoms with E-state index in [1.54, 1.807) is 25.1 Å². The van der Waals surface area contributed by atoms with Gasteiger partial charge in [0.1, 0.15) is 5.82 Å². The van der Waals surface area contributed by atoms with E-state index < -0.39 is 6.09 Å². The van der Waals surface area contributed by atoms with Crippen LogP contribution in [-0.2, 0) is 11.3 Å². The Hall–Kier alpha value is -1.92. The number of rotatable bonds is 5. The Morgan fingerprint density at radius 2 is 2.09 bits per heavy atom. The van der Waals surface area contributed by atoms with E-state index in [1.165, 1.54) is 4.68 Å². The Morgan fingerprint density at radius 3 is 2.74 bits per heavy atom. The van der Waals surface area contributed by atoms with Crippen LogP contribution in [0.5, 0.6) is 0 Å². The summed E-state index contributed by atoms with van der Waals surface area (Å²) in [6.07, 6.45) is 0.124. The zero-order chi connectivity index (χ0) is 17.0. The molecule has 0 aliphatic heterocycles. The van der Waals surface area contributed by atoms with Crippen LogP contribution in [0.15, 0.2) is 23.0 Å². The molecule has 0 atom stereocenters. The highest BCUT2D eigenvalue weighted by molar-refractivity contribution is 6.42. The zero-order valence-electron chi connectivity index (χ0n) is 12.8. The van der Waals surface area contributed by atoms with E-state index in [1.807, 2.05) is 6.92 Å². The van der Waals surface area contributed by atoms with E-state index in [0.29, 0.717) is 28.0 Å². The Morgan fingerprint density at radius 1 is 1.35 bits per heavy atom. The van der Waals surface area contributed by atoms with Crippen LogP contribution >= 0.6 is 23.2 Å². The summed E-state index contributed by atoms with van der Waals surface area (Å²) < 4.78 is 6.31. The lowest BCUT2D eigenvalue weighted by Gasteiger charge is -2.06. The van der Waals surface area contributed by atoms with Crippen molar-refractivity contribution in [2.24, 2.45) is 0 Å². The van der Waals surface area contributed by atoms with Crippen molar-refractivity contribution >= 4 is 35.1 Å². The molecule has 8 heteroatoms. The number of hydrogen-bond donors (Lipinski definition) is 2. The Bertz CT molecular complexity index is 768. The normalized spacial score (nSPS) is 10.6. The van der Waals surface area contributed by atoms with Crippen molar-refractivity contribution in [3.63, 3.8) is 0 Å². The largest absolute Gasteiger partial charge is 0.449 e. The van der Waals surface area contributed by atoms with Gasteiger partial charge in [-0.25, -0.2) is 9.48 Å². The van der Waals surface area contributed by atoms with Crippen molar-refractivity contribution in [3.05, 3.63) is 49.7 Å². The summed E-state index contributed by atoms with van der Waals surface area (Å²) in [5, 5.41) is 6.25. The minimum atomic E-state index is -0.599. The van der Waals surface area contributed by atoms with Gasteiger partial charge in [-0.3, -0.25) is 15.2 Å². The molecule has 0 spiro atoms. The van der Waals surface area contributed by atoms with Crippen LogP contribution in [0.2, 0.25) is 10.0 Å². The summed E-state index contributed by atoms with van der Waals surface area (Å²) in [7, 11) is 0. The number of carbonyl (C=O) groups is 1. The van der Waals surface area contributed by atoms with Gasteiger partial charge in [-0.05, 0) is 31.0 Å². The van der Waals surface area contributed by atoms with Crippen LogP contribution in [0.25, 0.3) is 0 Å². The van der Waals surface area contributed by atoms with Gasteiger partial charge in [0.2, 0.25) is 0 Å². The van der Waals surface area contributed by atoms with Crippen molar-refractivity contribution in [2.45, 2.75) is 26.8 Å². The number of amides is 1. The highest BCUT2D eigenvalue weighted by Gasteiger charge is 2.13. The highest BCUT2D eigenvalue weighted by Crippen LogP contribution is 2.23. The first-order valence-electron chi connectivity index (χ1n) is 7.09. The minimum absolute atomic E-state index is 0.234. The van der Waals surface area contributed by atoms with Gasteiger partial charge in [0, 0.05) is 0 Å². The maximum Gasteiger partial charge on any atom is 0.412 e. The minimum Gasteiger partial charge on any atom is -0.449 e. The SMILES string of the molecule is CCCOC(=O)Nc1[nH]n(Cc2ccc(Cl)c(Cl)c2)c(=O)c1C. The van der Waals surface area contributed by atoms with Gasteiger partial charge in [-0.15, -0.1) is 0 Å². The predicted molar refractivity (Wildman–Crippen MR) is 90.6 cm³/mol. The van der Waals surface area contributed by atoms with E-state index >= 15 is 0 Å². The number of benzene rings is 1. The van der Waals surface area contributed by atoms with Crippen molar-refractivity contribution in [1.82, 2.24) is 9.78 Å². The second-order valence-corrected chi connectivity index (χ2v) is 5.83. The standard InChI is InChI=1S/C15H17Cl2N3O3/c1-3-6-23-15(22)18-13-9(2)14(21)20(19-13)8-10-4-5-11(16)12(17)7-10/h4-5,7,19H,3,6,8H2,1-2H3,(H,18,22). The highest BCUT2D eigenvalue weighted by atomic mass is 35.5. The summed E-state index contributed by atoms with van der Waals surface area (Å²) in [6, 6.07) is 5.13. The van der Waals surface area contributed by atoms with Crippen LogP contribution < -0.4 is 10.9 Å². The molecule has 124 valence electrons. The van der Waals surface area contributed by atoms with Crippen LogP contribution in [0.3, 0.4) is 0 Å². The summed E-state index contributed by atoms with van der Waals surface area (Å²) >= 11 is 11.8. The Balaban J connectivity index is 2.17. The average Bonchev–Trinajstić information content (AvgIpc) is 2.77. The van der Waals surface area contributed by atoms with E-state index in [0.717, 1.165) is 12.0 Å². The van der Waals surface area contributed by atoms with E-state index in [2.05, 4.69) is 10.4 Å². The number of nitrogens with one attached hydrogen (secondary N) is 2. The third-order valence-corrected chi connectivity index (χ3v) is 3.92.